The molecule has 1 N–H and O–H groups in total. The average molecular weight is 453 g/mol. The van der Waals surface area contributed by atoms with Gasteiger partial charge in [-0.3, -0.25) is 14.7 Å². The molecule has 0 spiro atoms. The third kappa shape index (κ3) is 3.93. The van der Waals surface area contributed by atoms with Gasteiger partial charge in [0.25, 0.3) is 5.91 Å². The number of carbonyl (C=O) groups is 1. The van der Waals surface area contributed by atoms with E-state index in [1.807, 2.05) is 0 Å². The number of nitrogens with one attached hydrogen (secondary N) is 1. The molecule has 0 bridgehead atoms. The molecule has 1 aromatic heterocycles. The summed E-state index contributed by atoms with van der Waals surface area (Å²) in [5.41, 5.74) is 0.0219. The highest BCUT2D eigenvalue weighted by Gasteiger charge is 2.31. The van der Waals surface area contributed by atoms with E-state index in [1.54, 1.807) is 18.2 Å². The largest absolute Gasteiger partial charge is 0.416 e. The van der Waals surface area contributed by atoms with E-state index in [-0.39, 0.29) is 22.6 Å². The second kappa shape index (κ2) is 7.77. The van der Waals surface area contributed by atoms with Gasteiger partial charge in [0, 0.05) is 11.9 Å². The van der Waals surface area contributed by atoms with Gasteiger partial charge in [-0.1, -0.05) is 35.3 Å². The number of benzene rings is 2. The van der Waals surface area contributed by atoms with Gasteiger partial charge in [-0.15, -0.1) is 0 Å². The maximum atomic E-state index is 13.0. The molecule has 1 amide bonds. The van der Waals surface area contributed by atoms with E-state index in [1.165, 1.54) is 23.1 Å². The fourth-order valence-electron chi connectivity index (χ4n) is 3.04. The van der Waals surface area contributed by atoms with Crippen LogP contribution in [-0.4, -0.2) is 34.8 Å². The van der Waals surface area contributed by atoms with Crippen molar-refractivity contribution in [3.8, 4) is 0 Å². The van der Waals surface area contributed by atoms with Crippen LogP contribution in [0.15, 0.2) is 53.5 Å². The summed E-state index contributed by atoms with van der Waals surface area (Å²) in [5.74, 6) is -0.173. The van der Waals surface area contributed by atoms with Crippen LogP contribution in [0.5, 0.6) is 0 Å². The van der Waals surface area contributed by atoms with Gasteiger partial charge >= 0.3 is 6.18 Å². The standard InChI is InChI=1S/C20H13Cl2F3N4O/c21-13-2-1-3-14(22)17(13)28-19-26-8-9-29(19)18(30)16-6-4-11-10-12(20(23,24)25)5-7-15(11)27-16/h1-7,10H,8-9H2,(H,26,28). The fraction of sp³-hybridized carbons (Fsp3) is 0.150. The number of nitrogens with zero attached hydrogens (tertiary/aromatic N) is 3. The molecule has 0 saturated heterocycles. The number of hydrogen-bond acceptors (Lipinski definition) is 4. The van der Waals surface area contributed by atoms with E-state index in [9.17, 15) is 18.0 Å². The number of para-hydroxylation sites is 1. The number of alkyl halides is 3. The van der Waals surface area contributed by atoms with Crippen molar-refractivity contribution >= 4 is 51.7 Å². The highest BCUT2D eigenvalue weighted by atomic mass is 35.5. The molecular formula is C20H13Cl2F3N4O. The number of carbonyl (C=O) groups excluding carboxylic acids is 1. The monoisotopic (exact) mass is 452 g/mol. The molecule has 2 aromatic carbocycles. The van der Waals surface area contributed by atoms with Crippen LogP contribution in [0.3, 0.4) is 0 Å². The molecule has 2 heterocycles. The summed E-state index contributed by atoms with van der Waals surface area (Å²) >= 11 is 12.3. The number of halogens is 5. The minimum Gasteiger partial charge on any atom is -0.323 e. The van der Waals surface area contributed by atoms with Crippen molar-refractivity contribution in [1.29, 1.82) is 0 Å². The number of fused-ring (bicyclic) bond motifs is 1. The lowest BCUT2D eigenvalue weighted by atomic mass is 10.1. The lowest BCUT2D eigenvalue weighted by molar-refractivity contribution is -0.137. The van der Waals surface area contributed by atoms with E-state index in [0.29, 0.717) is 28.8 Å². The molecule has 10 heteroatoms. The molecular weight excluding hydrogens is 440 g/mol. The molecule has 0 atom stereocenters. The first kappa shape index (κ1) is 20.4. The zero-order valence-corrected chi connectivity index (χ0v) is 16.7. The first-order valence-corrected chi connectivity index (χ1v) is 9.55. The van der Waals surface area contributed by atoms with Crippen molar-refractivity contribution in [3.63, 3.8) is 0 Å². The summed E-state index contributed by atoms with van der Waals surface area (Å²) in [5, 5.41) is 4.01. The number of guanidine groups is 1. The summed E-state index contributed by atoms with van der Waals surface area (Å²) in [7, 11) is 0. The van der Waals surface area contributed by atoms with Crippen LogP contribution in [0.2, 0.25) is 10.0 Å². The van der Waals surface area contributed by atoms with Crippen molar-refractivity contribution in [2.75, 3.05) is 18.4 Å². The van der Waals surface area contributed by atoms with Gasteiger partial charge in [-0.2, -0.15) is 13.2 Å². The Labute approximate surface area is 179 Å². The molecule has 1 aliphatic heterocycles. The number of pyridine rings is 1. The number of hydrogen-bond donors (Lipinski definition) is 1. The average Bonchev–Trinajstić information content (AvgIpc) is 3.17. The minimum absolute atomic E-state index is 0.0870. The van der Waals surface area contributed by atoms with Gasteiger partial charge in [-0.25, -0.2) is 4.98 Å². The second-order valence-electron chi connectivity index (χ2n) is 6.49. The van der Waals surface area contributed by atoms with Crippen LogP contribution >= 0.6 is 23.2 Å². The highest BCUT2D eigenvalue weighted by molar-refractivity contribution is 6.40. The summed E-state index contributed by atoms with van der Waals surface area (Å²) in [6, 6.07) is 11.0. The van der Waals surface area contributed by atoms with E-state index < -0.39 is 17.6 Å². The van der Waals surface area contributed by atoms with E-state index >= 15 is 0 Å². The molecule has 1 aliphatic rings. The van der Waals surface area contributed by atoms with Crippen molar-refractivity contribution in [2.24, 2.45) is 4.99 Å². The highest BCUT2D eigenvalue weighted by Crippen LogP contribution is 2.32. The zero-order valence-electron chi connectivity index (χ0n) is 15.2. The molecule has 0 saturated carbocycles. The number of anilines is 1. The minimum atomic E-state index is -4.45. The summed E-state index contributed by atoms with van der Waals surface area (Å²) in [6.07, 6.45) is -4.45. The predicted molar refractivity (Wildman–Crippen MR) is 110 cm³/mol. The van der Waals surface area contributed by atoms with Crippen molar-refractivity contribution < 1.29 is 18.0 Å². The summed E-state index contributed by atoms with van der Waals surface area (Å²) < 4.78 is 38.7. The molecule has 0 radical (unpaired) electrons. The van der Waals surface area contributed by atoms with Crippen molar-refractivity contribution in [2.45, 2.75) is 6.18 Å². The predicted octanol–water partition coefficient (Wildman–Crippen LogP) is 5.48. The third-order valence-electron chi connectivity index (χ3n) is 4.52. The normalized spacial score (nSPS) is 14.2. The second-order valence-corrected chi connectivity index (χ2v) is 7.30. The third-order valence-corrected chi connectivity index (χ3v) is 5.15. The molecule has 0 aliphatic carbocycles. The van der Waals surface area contributed by atoms with Crippen LogP contribution in [0.25, 0.3) is 10.9 Å². The van der Waals surface area contributed by atoms with Gasteiger partial charge < -0.3 is 5.32 Å². The van der Waals surface area contributed by atoms with Gasteiger partial charge in [0.2, 0.25) is 5.96 Å². The quantitative estimate of drug-likeness (QED) is 0.559. The lowest BCUT2D eigenvalue weighted by Gasteiger charge is -2.20. The molecule has 154 valence electrons. The first-order valence-electron chi connectivity index (χ1n) is 8.79. The summed E-state index contributed by atoms with van der Waals surface area (Å²) in [6.45, 7) is 0.689. The van der Waals surface area contributed by atoms with Gasteiger partial charge in [0.15, 0.2) is 0 Å². The lowest BCUT2D eigenvalue weighted by Crippen LogP contribution is -2.38. The Bertz CT molecular complexity index is 1160. The molecule has 4 rings (SSSR count). The number of amides is 1. The smallest absolute Gasteiger partial charge is 0.323 e. The van der Waals surface area contributed by atoms with Crippen LogP contribution in [0.4, 0.5) is 18.9 Å². The number of aromatic nitrogens is 1. The Balaban J connectivity index is 1.60. The topological polar surface area (TPSA) is 57.6 Å². The van der Waals surface area contributed by atoms with E-state index in [2.05, 4.69) is 15.3 Å². The Morgan fingerprint density at radius 1 is 1.07 bits per heavy atom. The van der Waals surface area contributed by atoms with Gasteiger partial charge in [0.1, 0.15) is 5.69 Å². The molecule has 0 unspecified atom stereocenters. The molecule has 0 fully saturated rings. The van der Waals surface area contributed by atoms with Crippen LogP contribution in [0.1, 0.15) is 16.1 Å². The number of rotatable bonds is 2. The van der Waals surface area contributed by atoms with Crippen LogP contribution < -0.4 is 5.32 Å². The maximum absolute atomic E-state index is 13.0. The number of aliphatic imine (C=N–C) groups is 1. The molecule has 3 aromatic rings. The SMILES string of the molecule is O=C(c1ccc2cc(C(F)(F)F)ccc2n1)N1CCN=C1Nc1c(Cl)cccc1Cl. The Morgan fingerprint density at radius 2 is 1.80 bits per heavy atom. The van der Waals surface area contributed by atoms with Gasteiger partial charge in [0.05, 0.1) is 33.4 Å². The molecule has 5 nitrogen and oxygen atoms in total. The molecule has 30 heavy (non-hydrogen) atoms. The first-order chi connectivity index (χ1) is 14.2. The van der Waals surface area contributed by atoms with Crippen molar-refractivity contribution in [3.05, 3.63) is 69.8 Å². The van der Waals surface area contributed by atoms with E-state index in [4.69, 9.17) is 23.2 Å². The fourth-order valence-corrected chi connectivity index (χ4v) is 3.53. The van der Waals surface area contributed by atoms with Crippen LogP contribution in [-0.2, 0) is 6.18 Å². The Hall–Kier alpha value is -2.84. The van der Waals surface area contributed by atoms with Crippen molar-refractivity contribution in [1.82, 2.24) is 9.88 Å². The van der Waals surface area contributed by atoms with Crippen LogP contribution in [0, 0.1) is 0 Å². The Morgan fingerprint density at radius 3 is 2.50 bits per heavy atom. The van der Waals surface area contributed by atoms with Gasteiger partial charge in [-0.05, 0) is 36.4 Å². The zero-order chi connectivity index (χ0) is 21.5. The van der Waals surface area contributed by atoms with E-state index in [0.717, 1.165) is 12.1 Å². The summed E-state index contributed by atoms with van der Waals surface area (Å²) in [4.78, 5) is 22.9. The Kier molecular flexibility index (Phi) is 5.29. The maximum Gasteiger partial charge on any atom is 0.416 e.